The Bertz CT molecular complexity index is 2180. The monoisotopic (exact) mass is 1310 g/mol. The van der Waals surface area contributed by atoms with Crippen LogP contribution < -0.4 is 5.32 Å². The van der Waals surface area contributed by atoms with E-state index in [4.69, 9.17) is 61.6 Å². The van der Waals surface area contributed by atoms with Crippen LogP contribution >= 0.6 is 0 Å². The lowest BCUT2D eigenvalue weighted by Gasteiger charge is -2.49. The highest BCUT2D eigenvalue weighted by atomic mass is 16.8. The third-order valence-corrected chi connectivity index (χ3v) is 16.9. The zero-order valence-corrected chi connectivity index (χ0v) is 46.5. The van der Waals surface area contributed by atoms with Gasteiger partial charge < -0.3 is 195 Å². The van der Waals surface area contributed by atoms with Crippen LogP contribution in [0.5, 0.6) is 0 Å². The molecule has 39 nitrogen and oxygen atoms in total. The smallest absolute Gasteiger partial charge is 0.189 e. The second-order valence-corrected chi connectivity index (χ2v) is 22.6. The number of aliphatic hydroxyl groups is 25. The Kier molecular flexibility index (Phi) is 26.7. The van der Waals surface area contributed by atoms with Gasteiger partial charge in [-0.2, -0.15) is 0 Å². The summed E-state index contributed by atoms with van der Waals surface area (Å²) in [6, 6.07) is -2.76. The Morgan fingerprint density at radius 3 is 0.921 bits per heavy atom. The topological polar surface area (TPSA) is 638 Å². The maximum Gasteiger partial charge on any atom is 0.189 e. The quantitative estimate of drug-likeness (QED) is 0.0475. The average molecular weight is 1310 g/mol. The molecule has 7 heterocycles. The van der Waals surface area contributed by atoms with Crippen LogP contribution in [0, 0.1) is 0 Å². The lowest BCUT2D eigenvalue weighted by atomic mass is 9.86. The minimum absolute atomic E-state index is 0. The maximum absolute atomic E-state index is 11.5. The molecule has 39 unspecified atom stereocenters. The molecular formula is C50H87NO38. The van der Waals surface area contributed by atoms with Crippen molar-refractivity contribution >= 4 is 0 Å². The Balaban J connectivity index is 0.0000113. The largest absolute Gasteiger partial charge is 0.394 e. The van der Waals surface area contributed by atoms with Crippen LogP contribution in [0.15, 0.2) is 11.6 Å². The van der Waals surface area contributed by atoms with E-state index in [1.54, 1.807) is 0 Å². The van der Waals surface area contributed by atoms with Gasteiger partial charge >= 0.3 is 0 Å². The van der Waals surface area contributed by atoms with Crippen LogP contribution in [0.1, 0.15) is 14.4 Å². The summed E-state index contributed by atoms with van der Waals surface area (Å²) in [4.78, 5) is 0. The predicted molar refractivity (Wildman–Crippen MR) is 275 cm³/mol. The fraction of sp³-hybridized carbons (Fsp3) is 0.960. The van der Waals surface area contributed by atoms with E-state index in [1.807, 2.05) is 0 Å². The number of hydrogen-bond donors (Lipinski definition) is 26. The molecule has 0 amide bonds. The van der Waals surface area contributed by atoms with Gasteiger partial charge in [-0.3, -0.25) is 0 Å². The standard InChI is InChI=1S/C49H83NO38.CH4/c1-10-19(50-12-2-11(3-51)38(26(64)20(12)58)83-45-34(72)27(65)40(16(7-55)79-45)85-44-32(70)24(62)21(59)13(4-52)77-44)23(61)31(69)43(76-10)84-39-15(6-54)80-46(35(73)28(39)66)86-41-17(8-56)81-47(36(74)29(41)67)87-42-18(9-57)82-49(37(75)30(42)68)88-48-33(71)25(63)22(60)14(5-53)78-48;/h2,10,12-75H,3-9H2,1H3;1H4. The molecule has 0 aromatic heterocycles. The molecule has 0 radical (unpaired) electrons. The van der Waals surface area contributed by atoms with Gasteiger partial charge in [0.1, 0.15) is 177 Å². The lowest BCUT2D eigenvalue weighted by Crippen LogP contribution is -2.69. The van der Waals surface area contributed by atoms with Crippen molar-refractivity contribution in [1.29, 1.82) is 0 Å². The summed E-state index contributed by atoms with van der Waals surface area (Å²) in [5, 5.41) is 270. The fourth-order valence-electron chi connectivity index (χ4n) is 11.7. The first kappa shape index (κ1) is 74.6. The minimum atomic E-state index is -2.19. The zero-order valence-electron chi connectivity index (χ0n) is 46.5. The van der Waals surface area contributed by atoms with Gasteiger partial charge in [-0.05, 0) is 12.5 Å². The number of aliphatic hydroxyl groups excluding tert-OH is 25. The molecule has 89 heavy (non-hydrogen) atoms. The highest BCUT2D eigenvalue weighted by molar-refractivity contribution is 5.23. The third-order valence-electron chi connectivity index (χ3n) is 16.9. The zero-order chi connectivity index (χ0) is 64.7. The second kappa shape index (κ2) is 31.8. The van der Waals surface area contributed by atoms with E-state index < -0.39 is 285 Å². The second-order valence-electron chi connectivity index (χ2n) is 22.6. The van der Waals surface area contributed by atoms with Crippen LogP contribution in [-0.2, 0) is 61.6 Å². The molecule has 39 heteroatoms. The number of hydrogen-bond acceptors (Lipinski definition) is 39. The molecule has 7 fully saturated rings. The van der Waals surface area contributed by atoms with E-state index >= 15 is 0 Å². The summed E-state index contributed by atoms with van der Waals surface area (Å²) in [6.45, 7) is -5.22. The molecule has 1 aliphatic carbocycles. The molecule has 520 valence electrons. The predicted octanol–water partition coefficient (Wildman–Crippen LogP) is -16.6. The van der Waals surface area contributed by atoms with Crippen molar-refractivity contribution in [3.63, 3.8) is 0 Å². The summed E-state index contributed by atoms with van der Waals surface area (Å²) in [5.74, 6) is 0. The van der Waals surface area contributed by atoms with Crippen LogP contribution in [0.3, 0.4) is 0 Å². The summed E-state index contributed by atoms with van der Waals surface area (Å²) in [5.41, 5.74) is -0.178. The third kappa shape index (κ3) is 15.2. The Hall–Kier alpha value is -1.82. The van der Waals surface area contributed by atoms with Crippen molar-refractivity contribution in [2.24, 2.45) is 0 Å². The van der Waals surface area contributed by atoms with E-state index in [0.717, 1.165) is 6.08 Å². The Labute approximate surface area is 505 Å². The molecule has 8 aliphatic rings. The minimum Gasteiger partial charge on any atom is -0.394 e. The fourth-order valence-corrected chi connectivity index (χ4v) is 11.7. The first-order valence-electron chi connectivity index (χ1n) is 28.2. The number of rotatable bonds is 21. The molecule has 7 aliphatic heterocycles. The van der Waals surface area contributed by atoms with Gasteiger partial charge in [0.05, 0.1) is 64.4 Å². The van der Waals surface area contributed by atoms with Gasteiger partial charge in [-0.15, -0.1) is 0 Å². The normalized spacial score (nSPS) is 52.6. The first-order chi connectivity index (χ1) is 41.7. The van der Waals surface area contributed by atoms with E-state index in [9.17, 15) is 128 Å². The van der Waals surface area contributed by atoms with Gasteiger partial charge in [0.2, 0.25) is 0 Å². The number of ether oxygens (including phenoxy) is 13. The van der Waals surface area contributed by atoms with Crippen molar-refractivity contribution in [2.75, 3.05) is 46.2 Å². The SMILES string of the molecule is C.CC1OC(OC2C(CO)OC(OC3C(CO)OC(OC4C(CO)OC(OC5OC(CO)C(O)C(O)C5O)C(O)C4O)C(O)C3O)C(O)C2O)C(O)C(O)C1NC1C=C(CO)C(OC2OC(CO)C(OC3OC(CO)C(O)C(O)C3O)C(O)C2O)C(O)C1O. The van der Waals surface area contributed by atoms with Crippen LogP contribution in [0.4, 0.5) is 0 Å². The number of nitrogens with one attached hydrogen (secondary N) is 1. The van der Waals surface area contributed by atoms with E-state index in [0.29, 0.717) is 0 Å². The van der Waals surface area contributed by atoms with Crippen LogP contribution in [0.25, 0.3) is 0 Å². The van der Waals surface area contributed by atoms with Crippen molar-refractivity contribution in [1.82, 2.24) is 5.32 Å². The van der Waals surface area contributed by atoms with Crippen molar-refractivity contribution < 1.29 is 189 Å². The molecule has 0 bridgehead atoms. The van der Waals surface area contributed by atoms with Gasteiger partial charge in [-0.25, -0.2) is 0 Å². The molecule has 0 spiro atoms. The van der Waals surface area contributed by atoms with Gasteiger partial charge in [-0.1, -0.05) is 13.5 Å². The molecule has 0 aromatic carbocycles. The molecule has 26 N–H and O–H groups in total. The molecule has 7 saturated heterocycles. The average Bonchev–Trinajstić information content (AvgIpc) is 1.91. The molecule has 8 rings (SSSR count). The molecule has 0 aromatic rings. The van der Waals surface area contributed by atoms with Crippen LogP contribution in [-0.4, -0.2) is 413 Å². The summed E-state index contributed by atoms with van der Waals surface area (Å²) in [7, 11) is 0. The van der Waals surface area contributed by atoms with Crippen molar-refractivity contribution in [3.8, 4) is 0 Å². The van der Waals surface area contributed by atoms with Crippen molar-refractivity contribution in [2.45, 2.75) is 254 Å². The van der Waals surface area contributed by atoms with Crippen LogP contribution in [0.2, 0.25) is 0 Å². The van der Waals surface area contributed by atoms with E-state index in [1.165, 1.54) is 6.92 Å². The molecule has 39 atom stereocenters. The summed E-state index contributed by atoms with van der Waals surface area (Å²) < 4.78 is 72.8. The first-order valence-corrected chi connectivity index (χ1v) is 28.2. The molecular weight excluding hydrogens is 1220 g/mol. The molecule has 0 saturated carbocycles. The van der Waals surface area contributed by atoms with Crippen molar-refractivity contribution in [3.05, 3.63) is 11.6 Å². The summed E-state index contributed by atoms with van der Waals surface area (Å²) >= 11 is 0. The highest BCUT2D eigenvalue weighted by Crippen LogP contribution is 2.38. The van der Waals surface area contributed by atoms with E-state index in [-0.39, 0.29) is 13.0 Å². The lowest BCUT2D eigenvalue weighted by molar-refractivity contribution is -0.399. The van der Waals surface area contributed by atoms with Gasteiger partial charge in [0.15, 0.2) is 44.0 Å². The van der Waals surface area contributed by atoms with E-state index in [2.05, 4.69) is 5.32 Å². The Morgan fingerprint density at radius 1 is 0.315 bits per heavy atom. The summed E-state index contributed by atoms with van der Waals surface area (Å²) in [6.07, 6.45) is -68.2. The highest BCUT2D eigenvalue weighted by Gasteiger charge is 2.58. The van der Waals surface area contributed by atoms with Gasteiger partial charge in [0, 0.05) is 0 Å². The Morgan fingerprint density at radius 2 is 0.596 bits per heavy atom. The maximum atomic E-state index is 11.5. The van der Waals surface area contributed by atoms with Gasteiger partial charge in [0.25, 0.3) is 0 Å².